The van der Waals surface area contributed by atoms with Crippen LogP contribution >= 0.6 is 11.3 Å². The molecule has 0 spiro atoms. The lowest BCUT2D eigenvalue weighted by Crippen LogP contribution is -2.19. The summed E-state index contributed by atoms with van der Waals surface area (Å²) in [5.74, 6) is -0.363. The van der Waals surface area contributed by atoms with Gasteiger partial charge in [0.05, 0.1) is 5.69 Å². The van der Waals surface area contributed by atoms with Gasteiger partial charge in [0.25, 0.3) is 0 Å². The Labute approximate surface area is 166 Å². The molecule has 4 aromatic rings. The van der Waals surface area contributed by atoms with Crippen LogP contribution in [0, 0.1) is 0 Å². The Balaban J connectivity index is 1.36. The molecule has 0 atom stereocenters. The molecular formula is C19H13F3N4O2S. The van der Waals surface area contributed by atoms with Gasteiger partial charge in [0.15, 0.2) is 4.96 Å². The van der Waals surface area contributed by atoms with Gasteiger partial charge in [0, 0.05) is 34.7 Å². The molecule has 2 heterocycles. The number of anilines is 2. The summed E-state index contributed by atoms with van der Waals surface area (Å²) in [4.78, 5) is 17.5. The lowest BCUT2D eigenvalue weighted by atomic mass is 10.1. The van der Waals surface area contributed by atoms with Crippen LogP contribution in [0.3, 0.4) is 0 Å². The minimum Gasteiger partial charge on any atom is -0.406 e. The van der Waals surface area contributed by atoms with Crippen molar-refractivity contribution < 1.29 is 22.7 Å². The van der Waals surface area contributed by atoms with Gasteiger partial charge in [-0.05, 0) is 36.4 Å². The monoisotopic (exact) mass is 418 g/mol. The predicted octanol–water partition coefficient (Wildman–Crippen LogP) is 5.61. The number of carbonyl (C=O) groups excluding carboxylic acids is 1. The molecule has 2 aromatic carbocycles. The number of halogens is 3. The first-order valence-electron chi connectivity index (χ1n) is 8.32. The minimum absolute atomic E-state index is 0.326. The number of nitrogens with zero attached hydrogens (tertiary/aromatic N) is 2. The second kappa shape index (κ2) is 7.47. The molecule has 0 unspecified atom stereocenters. The molecule has 2 amide bonds. The summed E-state index contributed by atoms with van der Waals surface area (Å²) in [7, 11) is 0. The fraction of sp³-hybridized carbons (Fsp3) is 0.0526. The van der Waals surface area contributed by atoms with Crippen LogP contribution < -0.4 is 15.4 Å². The van der Waals surface area contributed by atoms with Crippen LogP contribution in [-0.2, 0) is 0 Å². The van der Waals surface area contributed by atoms with Crippen LogP contribution in [-0.4, -0.2) is 21.8 Å². The molecule has 0 aliphatic carbocycles. The molecule has 4 rings (SSSR count). The van der Waals surface area contributed by atoms with Gasteiger partial charge >= 0.3 is 12.4 Å². The zero-order valence-corrected chi connectivity index (χ0v) is 15.4. The van der Waals surface area contributed by atoms with Gasteiger partial charge < -0.3 is 15.4 Å². The van der Waals surface area contributed by atoms with Crippen LogP contribution in [0.4, 0.5) is 29.3 Å². The fourth-order valence-electron chi connectivity index (χ4n) is 2.62. The molecule has 6 nitrogen and oxygen atoms in total. The number of alkyl halides is 3. The van der Waals surface area contributed by atoms with Gasteiger partial charge in [-0.1, -0.05) is 12.1 Å². The smallest absolute Gasteiger partial charge is 0.406 e. The van der Waals surface area contributed by atoms with Crippen molar-refractivity contribution in [2.45, 2.75) is 6.36 Å². The van der Waals surface area contributed by atoms with Crippen molar-refractivity contribution in [2.24, 2.45) is 0 Å². The number of hydrogen-bond donors (Lipinski definition) is 2. The molecular weight excluding hydrogens is 405 g/mol. The highest BCUT2D eigenvalue weighted by Crippen LogP contribution is 2.25. The maximum absolute atomic E-state index is 12.2. The lowest BCUT2D eigenvalue weighted by Gasteiger charge is -2.10. The van der Waals surface area contributed by atoms with Crippen molar-refractivity contribution >= 4 is 33.7 Å². The molecule has 0 fully saturated rings. The Kier molecular flexibility index (Phi) is 4.85. The summed E-state index contributed by atoms with van der Waals surface area (Å²) in [6.07, 6.45) is -0.906. The first-order chi connectivity index (χ1) is 13.9. The molecule has 148 valence electrons. The first kappa shape index (κ1) is 18.8. The van der Waals surface area contributed by atoms with Gasteiger partial charge in [-0.2, -0.15) is 0 Å². The summed E-state index contributed by atoms with van der Waals surface area (Å²) < 4.78 is 42.2. The van der Waals surface area contributed by atoms with Crippen molar-refractivity contribution in [1.82, 2.24) is 9.38 Å². The summed E-state index contributed by atoms with van der Waals surface area (Å²) in [6.45, 7) is 0. The number of fused-ring (bicyclic) bond motifs is 1. The van der Waals surface area contributed by atoms with E-state index in [1.807, 2.05) is 34.3 Å². The van der Waals surface area contributed by atoms with Gasteiger partial charge in [-0.15, -0.1) is 24.5 Å². The van der Waals surface area contributed by atoms with E-state index in [2.05, 4.69) is 20.4 Å². The Bertz CT molecular complexity index is 1110. The van der Waals surface area contributed by atoms with Crippen LogP contribution in [0.1, 0.15) is 0 Å². The topological polar surface area (TPSA) is 67.7 Å². The maximum Gasteiger partial charge on any atom is 0.573 e. The molecule has 0 aliphatic rings. The van der Waals surface area contributed by atoms with E-state index in [9.17, 15) is 18.0 Å². The molecule has 0 bridgehead atoms. The van der Waals surface area contributed by atoms with E-state index < -0.39 is 12.4 Å². The summed E-state index contributed by atoms with van der Waals surface area (Å²) >= 11 is 1.54. The first-order valence-corrected chi connectivity index (χ1v) is 9.20. The second-order valence-electron chi connectivity index (χ2n) is 5.95. The lowest BCUT2D eigenvalue weighted by molar-refractivity contribution is -0.274. The van der Waals surface area contributed by atoms with Crippen molar-refractivity contribution in [3.05, 3.63) is 66.3 Å². The third-order valence-electron chi connectivity index (χ3n) is 3.88. The van der Waals surface area contributed by atoms with Gasteiger partial charge in [0.2, 0.25) is 0 Å². The minimum atomic E-state index is -4.76. The van der Waals surface area contributed by atoms with Gasteiger partial charge in [0.1, 0.15) is 5.75 Å². The number of urea groups is 1. The second-order valence-corrected chi connectivity index (χ2v) is 6.82. The third-order valence-corrected chi connectivity index (χ3v) is 4.65. The van der Waals surface area contributed by atoms with E-state index in [1.165, 1.54) is 12.1 Å². The number of thiazole rings is 1. The van der Waals surface area contributed by atoms with Crippen LogP contribution in [0.5, 0.6) is 5.75 Å². The summed E-state index contributed by atoms with van der Waals surface area (Å²) in [5.41, 5.74) is 2.62. The third kappa shape index (κ3) is 4.66. The molecule has 2 N–H and O–H groups in total. The molecule has 0 aliphatic heterocycles. The highest BCUT2D eigenvalue weighted by atomic mass is 32.1. The maximum atomic E-state index is 12.2. The average Bonchev–Trinajstić information content (AvgIpc) is 3.25. The number of nitrogens with one attached hydrogen (secondary N) is 2. The van der Waals surface area contributed by atoms with Crippen LogP contribution in [0.25, 0.3) is 16.2 Å². The number of imidazole rings is 1. The molecule has 2 aromatic heterocycles. The van der Waals surface area contributed by atoms with Gasteiger partial charge in [-0.3, -0.25) is 4.40 Å². The van der Waals surface area contributed by atoms with Crippen molar-refractivity contribution in [3.8, 4) is 17.0 Å². The predicted molar refractivity (Wildman–Crippen MR) is 104 cm³/mol. The number of carbonyl (C=O) groups is 1. The Morgan fingerprint density at radius 1 is 1.00 bits per heavy atom. The Hall–Kier alpha value is -3.53. The molecule has 29 heavy (non-hydrogen) atoms. The average molecular weight is 418 g/mol. The number of amides is 2. The van der Waals surface area contributed by atoms with Crippen molar-refractivity contribution in [1.29, 1.82) is 0 Å². The van der Waals surface area contributed by atoms with Crippen LogP contribution in [0.2, 0.25) is 0 Å². The van der Waals surface area contributed by atoms with Crippen molar-refractivity contribution in [2.75, 3.05) is 10.6 Å². The molecule has 0 saturated heterocycles. The van der Waals surface area contributed by atoms with E-state index in [1.54, 1.807) is 23.5 Å². The Morgan fingerprint density at radius 2 is 1.62 bits per heavy atom. The number of ether oxygens (including phenoxy) is 1. The highest BCUT2D eigenvalue weighted by Gasteiger charge is 2.30. The SMILES string of the molecule is O=C(Nc1ccc(OC(F)(F)F)cc1)Nc1ccc(-c2cn3ccsc3n2)cc1. The number of aromatic nitrogens is 2. The number of hydrogen-bond acceptors (Lipinski definition) is 4. The normalized spacial score (nSPS) is 11.4. The number of rotatable bonds is 4. The standard InChI is InChI=1S/C19H13F3N4O2S/c20-19(21,22)28-15-7-5-14(6-8-15)24-17(27)23-13-3-1-12(2-4-13)16-11-26-9-10-29-18(26)25-16/h1-11H,(H2,23,24,27). The van der Waals surface area contributed by atoms with Gasteiger partial charge in [-0.25, -0.2) is 9.78 Å². The zero-order chi connectivity index (χ0) is 20.4. The quantitative estimate of drug-likeness (QED) is 0.453. The van der Waals surface area contributed by atoms with E-state index >= 15 is 0 Å². The highest BCUT2D eigenvalue weighted by molar-refractivity contribution is 7.15. The van der Waals surface area contributed by atoms with E-state index in [-0.39, 0.29) is 5.75 Å². The van der Waals surface area contributed by atoms with Crippen molar-refractivity contribution in [3.63, 3.8) is 0 Å². The number of benzene rings is 2. The molecule has 10 heteroatoms. The zero-order valence-electron chi connectivity index (χ0n) is 14.6. The molecule has 0 saturated carbocycles. The largest absolute Gasteiger partial charge is 0.573 e. The Morgan fingerprint density at radius 3 is 2.21 bits per heavy atom. The van der Waals surface area contributed by atoms with E-state index in [4.69, 9.17) is 0 Å². The fourth-order valence-corrected chi connectivity index (χ4v) is 3.32. The molecule has 0 radical (unpaired) electrons. The van der Waals surface area contributed by atoms with E-state index in [0.717, 1.165) is 28.4 Å². The summed E-state index contributed by atoms with van der Waals surface area (Å²) in [5, 5.41) is 7.15. The van der Waals surface area contributed by atoms with Crippen LogP contribution in [0.15, 0.2) is 66.3 Å². The van der Waals surface area contributed by atoms with E-state index in [0.29, 0.717) is 11.4 Å². The summed E-state index contributed by atoms with van der Waals surface area (Å²) in [6, 6.07) is 11.5.